The van der Waals surface area contributed by atoms with Gasteiger partial charge in [-0.15, -0.1) is 0 Å². The second kappa shape index (κ2) is 6.92. The molecule has 2 aromatic rings. The third kappa shape index (κ3) is 4.73. The number of nitrogens with one attached hydrogen (secondary N) is 2. The smallest absolute Gasteiger partial charge is 0.384 e. The van der Waals surface area contributed by atoms with E-state index in [0.717, 1.165) is 12.1 Å². The van der Waals surface area contributed by atoms with Crippen molar-refractivity contribution in [2.75, 3.05) is 11.9 Å². The maximum absolute atomic E-state index is 12.6. The highest BCUT2D eigenvalue weighted by atomic mass is 19.4. The molecule has 0 aliphatic rings. The lowest BCUT2D eigenvalue weighted by Gasteiger charge is -2.24. The third-order valence-corrected chi connectivity index (χ3v) is 3.44. The predicted molar refractivity (Wildman–Crippen MR) is 84.5 cm³/mol. The zero-order valence-electron chi connectivity index (χ0n) is 12.9. The van der Waals surface area contributed by atoms with Gasteiger partial charge < -0.3 is 15.7 Å². The Morgan fingerprint density at radius 2 is 1.67 bits per heavy atom. The van der Waals surface area contributed by atoms with Crippen LogP contribution < -0.4 is 10.6 Å². The van der Waals surface area contributed by atoms with Gasteiger partial charge in [-0.05, 0) is 30.7 Å². The highest BCUT2D eigenvalue weighted by Crippen LogP contribution is 2.30. The maximum Gasteiger partial charge on any atom is 0.416 e. The molecule has 0 bridgehead atoms. The monoisotopic (exact) mass is 338 g/mol. The van der Waals surface area contributed by atoms with Gasteiger partial charge in [0.15, 0.2) is 0 Å². The number of hydrogen-bond donors (Lipinski definition) is 3. The van der Waals surface area contributed by atoms with E-state index in [4.69, 9.17) is 0 Å². The van der Waals surface area contributed by atoms with E-state index in [0.29, 0.717) is 5.56 Å². The molecule has 7 heteroatoms. The Morgan fingerprint density at radius 1 is 1.04 bits per heavy atom. The standard InChI is InChI=1S/C17H17F3N2O2/c1-16(24,12-6-3-2-4-7-12)11-21-15(23)22-14-9-5-8-13(10-14)17(18,19)20/h2-10,24H,11H2,1H3,(H2,21,22,23). The molecular weight excluding hydrogens is 321 g/mol. The first-order chi connectivity index (χ1) is 11.2. The largest absolute Gasteiger partial charge is 0.416 e. The Bertz CT molecular complexity index is 700. The van der Waals surface area contributed by atoms with Crippen LogP contribution in [0.2, 0.25) is 0 Å². The van der Waals surface area contributed by atoms with Crippen LogP contribution in [0.1, 0.15) is 18.1 Å². The summed E-state index contributed by atoms with van der Waals surface area (Å²) in [5, 5.41) is 15.1. The molecule has 0 saturated carbocycles. The van der Waals surface area contributed by atoms with E-state index < -0.39 is 23.4 Å². The Hall–Kier alpha value is -2.54. The fraction of sp³-hybridized carbons (Fsp3) is 0.235. The summed E-state index contributed by atoms with van der Waals surface area (Å²) < 4.78 is 37.9. The fourth-order valence-electron chi connectivity index (χ4n) is 2.10. The van der Waals surface area contributed by atoms with E-state index in [1.54, 1.807) is 30.3 Å². The molecule has 0 saturated heterocycles. The Morgan fingerprint density at radius 3 is 2.29 bits per heavy atom. The summed E-state index contributed by atoms with van der Waals surface area (Å²) in [4.78, 5) is 11.8. The molecule has 3 N–H and O–H groups in total. The van der Waals surface area contributed by atoms with Crippen molar-refractivity contribution in [1.29, 1.82) is 0 Å². The first kappa shape index (κ1) is 17.8. The number of benzene rings is 2. The summed E-state index contributed by atoms with van der Waals surface area (Å²) in [5.41, 5.74) is -1.52. The molecule has 128 valence electrons. The minimum atomic E-state index is -4.48. The Kier molecular flexibility index (Phi) is 5.14. The number of rotatable bonds is 4. The van der Waals surface area contributed by atoms with Gasteiger partial charge in [0.2, 0.25) is 0 Å². The minimum Gasteiger partial charge on any atom is -0.384 e. The van der Waals surface area contributed by atoms with Crippen molar-refractivity contribution in [2.24, 2.45) is 0 Å². The molecule has 0 aliphatic heterocycles. The van der Waals surface area contributed by atoms with Crippen molar-refractivity contribution in [3.05, 3.63) is 65.7 Å². The molecule has 1 unspecified atom stereocenters. The molecule has 4 nitrogen and oxygen atoms in total. The number of anilines is 1. The Balaban J connectivity index is 1.97. The van der Waals surface area contributed by atoms with Crippen LogP contribution in [0.4, 0.5) is 23.7 Å². The average Bonchev–Trinajstić information content (AvgIpc) is 2.53. The second-order valence-corrected chi connectivity index (χ2v) is 5.53. The van der Waals surface area contributed by atoms with Crippen molar-refractivity contribution >= 4 is 11.7 Å². The first-order valence-electron chi connectivity index (χ1n) is 7.18. The van der Waals surface area contributed by atoms with Crippen LogP contribution in [0.15, 0.2) is 54.6 Å². The highest BCUT2D eigenvalue weighted by Gasteiger charge is 2.30. The number of alkyl halides is 3. The average molecular weight is 338 g/mol. The van der Waals surface area contributed by atoms with E-state index in [-0.39, 0.29) is 12.2 Å². The van der Waals surface area contributed by atoms with Crippen LogP contribution in [0.5, 0.6) is 0 Å². The maximum atomic E-state index is 12.6. The minimum absolute atomic E-state index is 0.0154. The first-order valence-corrected chi connectivity index (χ1v) is 7.18. The molecular formula is C17H17F3N2O2. The van der Waals surface area contributed by atoms with Crippen LogP contribution in [-0.4, -0.2) is 17.7 Å². The van der Waals surface area contributed by atoms with E-state index in [9.17, 15) is 23.1 Å². The van der Waals surface area contributed by atoms with Crippen molar-refractivity contribution < 1.29 is 23.1 Å². The fourth-order valence-corrected chi connectivity index (χ4v) is 2.10. The lowest BCUT2D eigenvalue weighted by atomic mass is 9.96. The van der Waals surface area contributed by atoms with Gasteiger partial charge in [-0.3, -0.25) is 0 Å². The molecule has 2 amide bonds. The summed E-state index contributed by atoms with van der Waals surface area (Å²) in [7, 11) is 0. The van der Waals surface area contributed by atoms with E-state index in [1.807, 2.05) is 0 Å². The topological polar surface area (TPSA) is 61.4 Å². The van der Waals surface area contributed by atoms with E-state index in [1.165, 1.54) is 19.1 Å². The third-order valence-electron chi connectivity index (χ3n) is 3.44. The number of hydrogen-bond acceptors (Lipinski definition) is 2. The Labute approximate surface area is 137 Å². The zero-order chi connectivity index (χ0) is 17.8. The number of amides is 2. The van der Waals surface area contributed by atoms with Gasteiger partial charge in [0.05, 0.1) is 12.1 Å². The molecule has 1 atom stereocenters. The normalized spacial score (nSPS) is 13.9. The van der Waals surface area contributed by atoms with Gasteiger partial charge >= 0.3 is 12.2 Å². The van der Waals surface area contributed by atoms with Gasteiger partial charge in [0, 0.05) is 5.69 Å². The number of aliphatic hydroxyl groups is 1. The van der Waals surface area contributed by atoms with Crippen LogP contribution >= 0.6 is 0 Å². The summed E-state index contributed by atoms with van der Waals surface area (Å²) in [6.45, 7) is 1.44. The van der Waals surface area contributed by atoms with Gasteiger partial charge in [-0.25, -0.2) is 4.79 Å². The molecule has 24 heavy (non-hydrogen) atoms. The van der Waals surface area contributed by atoms with Crippen LogP contribution in [0, 0.1) is 0 Å². The number of halogens is 3. The number of carbonyl (C=O) groups excluding carboxylic acids is 1. The van der Waals surface area contributed by atoms with Crippen molar-refractivity contribution in [1.82, 2.24) is 5.32 Å². The molecule has 2 aromatic carbocycles. The van der Waals surface area contributed by atoms with Crippen LogP contribution in [0.3, 0.4) is 0 Å². The van der Waals surface area contributed by atoms with Gasteiger partial charge in [0.25, 0.3) is 0 Å². The lowest BCUT2D eigenvalue weighted by molar-refractivity contribution is -0.137. The van der Waals surface area contributed by atoms with Crippen molar-refractivity contribution in [3.8, 4) is 0 Å². The quantitative estimate of drug-likeness (QED) is 0.795. The van der Waals surface area contributed by atoms with Crippen molar-refractivity contribution in [2.45, 2.75) is 18.7 Å². The van der Waals surface area contributed by atoms with Gasteiger partial charge in [0.1, 0.15) is 5.60 Å². The molecule has 0 spiro atoms. The molecule has 0 aliphatic carbocycles. The molecule has 0 radical (unpaired) electrons. The number of carbonyl (C=O) groups is 1. The summed E-state index contributed by atoms with van der Waals surface area (Å²) in [6.07, 6.45) is -4.48. The number of urea groups is 1. The van der Waals surface area contributed by atoms with Crippen molar-refractivity contribution in [3.63, 3.8) is 0 Å². The van der Waals surface area contributed by atoms with Gasteiger partial charge in [-0.2, -0.15) is 13.2 Å². The molecule has 0 aromatic heterocycles. The van der Waals surface area contributed by atoms with Crippen LogP contribution in [-0.2, 0) is 11.8 Å². The summed E-state index contributed by atoms with van der Waals surface area (Å²) in [6, 6.07) is 12.4. The molecule has 0 fully saturated rings. The van der Waals surface area contributed by atoms with Gasteiger partial charge in [-0.1, -0.05) is 36.4 Å². The van der Waals surface area contributed by atoms with E-state index in [2.05, 4.69) is 10.6 Å². The lowest BCUT2D eigenvalue weighted by Crippen LogP contribution is -2.40. The van der Waals surface area contributed by atoms with E-state index >= 15 is 0 Å². The predicted octanol–water partition coefficient (Wildman–Crippen LogP) is 3.73. The summed E-state index contributed by atoms with van der Waals surface area (Å²) in [5.74, 6) is 0. The zero-order valence-corrected chi connectivity index (χ0v) is 12.9. The molecule has 2 rings (SSSR count). The SMILES string of the molecule is CC(O)(CNC(=O)Nc1cccc(C(F)(F)F)c1)c1ccccc1. The molecule has 0 heterocycles. The highest BCUT2D eigenvalue weighted by molar-refractivity contribution is 5.89. The summed E-state index contributed by atoms with van der Waals surface area (Å²) >= 11 is 0. The van der Waals surface area contributed by atoms with Crippen LogP contribution in [0.25, 0.3) is 0 Å². The second-order valence-electron chi connectivity index (χ2n) is 5.53.